The standard InChI is InChI=1S/C36H33N3O/c1-23-12-10-13-24(2)34(23)39-31-17-11-15-28(33(31)38-35(39)29-14-6-7-18-32(29)40)25-20-26(30-16-8-9-19-37-30)22-27(21-25)36(3,4)5/h6-22,40H,1-5H3. The topological polar surface area (TPSA) is 50.9 Å². The first kappa shape index (κ1) is 25.6. The summed E-state index contributed by atoms with van der Waals surface area (Å²) in [5.41, 5.74) is 11.3. The van der Waals surface area contributed by atoms with Crippen molar-refractivity contribution >= 4 is 11.0 Å². The van der Waals surface area contributed by atoms with Crippen LogP contribution in [0.15, 0.2) is 103 Å². The molecular formula is C36H33N3O. The van der Waals surface area contributed by atoms with Crippen LogP contribution >= 0.6 is 0 Å². The predicted molar refractivity (Wildman–Crippen MR) is 165 cm³/mol. The molecule has 1 N–H and O–H groups in total. The number of aromatic hydroxyl groups is 1. The number of aromatic nitrogens is 3. The zero-order valence-corrected chi connectivity index (χ0v) is 23.6. The second kappa shape index (κ2) is 9.80. The molecule has 198 valence electrons. The van der Waals surface area contributed by atoms with Crippen molar-refractivity contribution in [3.8, 4) is 45.2 Å². The summed E-state index contributed by atoms with van der Waals surface area (Å²) in [7, 11) is 0. The Balaban J connectivity index is 1.69. The Kier molecular flexibility index (Phi) is 6.26. The van der Waals surface area contributed by atoms with E-state index in [0.29, 0.717) is 5.56 Å². The highest BCUT2D eigenvalue weighted by Crippen LogP contribution is 2.40. The smallest absolute Gasteiger partial charge is 0.149 e. The molecule has 0 saturated heterocycles. The lowest BCUT2D eigenvalue weighted by molar-refractivity contribution is 0.477. The maximum atomic E-state index is 10.9. The lowest BCUT2D eigenvalue weighted by Gasteiger charge is -2.21. The van der Waals surface area contributed by atoms with Crippen molar-refractivity contribution in [2.24, 2.45) is 0 Å². The van der Waals surface area contributed by atoms with Crippen LogP contribution in [0.25, 0.3) is 50.5 Å². The largest absolute Gasteiger partial charge is 0.507 e. The van der Waals surface area contributed by atoms with Gasteiger partial charge in [0.1, 0.15) is 11.6 Å². The Bertz CT molecular complexity index is 1840. The number of benzene rings is 4. The Labute approximate surface area is 235 Å². The highest BCUT2D eigenvalue weighted by atomic mass is 16.3. The van der Waals surface area contributed by atoms with Gasteiger partial charge in [0.05, 0.1) is 28.0 Å². The van der Waals surface area contributed by atoms with Crippen molar-refractivity contribution in [1.29, 1.82) is 0 Å². The Morgan fingerprint density at radius 3 is 2.08 bits per heavy atom. The molecule has 0 amide bonds. The van der Waals surface area contributed by atoms with Gasteiger partial charge in [0, 0.05) is 17.3 Å². The molecule has 0 radical (unpaired) electrons. The van der Waals surface area contributed by atoms with Crippen LogP contribution in [0.1, 0.15) is 37.5 Å². The third kappa shape index (κ3) is 4.46. The first-order chi connectivity index (χ1) is 19.2. The van der Waals surface area contributed by atoms with Crippen LogP contribution in [0.4, 0.5) is 0 Å². The summed E-state index contributed by atoms with van der Waals surface area (Å²) in [6, 6.07) is 32.9. The SMILES string of the molecule is Cc1cccc(C)c1-n1c(-c2ccccc2O)nc2c(-c3cc(-c4ccccn4)cc(C(C)(C)C)c3)cccc21. The van der Waals surface area contributed by atoms with E-state index in [1.807, 2.05) is 36.5 Å². The summed E-state index contributed by atoms with van der Waals surface area (Å²) in [4.78, 5) is 9.91. The molecule has 0 atom stereocenters. The lowest BCUT2D eigenvalue weighted by atomic mass is 9.83. The first-order valence-corrected chi connectivity index (χ1v) is 13.7. The monoisotopic (exact) mass is 523 g/mol. The van der Waals surface area contributed by atoms with E-state index in [9.17, 15) is 5.11 Å². The minimum atomic E-state index is -0.0496. The molecule has 4 aromatic carbocycles. The van der Waals surface area contributed by atoms with E-state index in [2.05, 4.69) is 105 Å². The zero-order valence-electron chi connectivity index (χ0n) is 23.6. The van der Waals surface area contributed by atoms with E-state index < -0.39 is 0 Å². The van der Waals surface area contributed by atoms with Gasteiger partial charge in [-0.2, -0.15) is 0 Å². The summed E-state index contributed by atoms with van der Waals surface area (Å²) < 4.78 is 2.20. The number of aryl methyl sites for hydroxylation is 2. The number of hydrogen-bond acceptors (Lipinski definition) is 3. The average Bonchev–Trinajstić information content (AvgIpc) is 3.32. The van der Waals surface area contributed by atoms with Gasteiger partial charge in [-0.15, -0.1) is 0 Å². The zero-order chi connectivity index (χ0) is 28.0. The molecule has 6 aromatic rings. The summed E-state index contributed by atoms with van der Waals surface area (Å²) >= 11 is 0. The van der Waals surface area contributed by atoms with E-state index in [4.69, 9.17) is 4.98 Å². The molecule has 2 aromatic heterocycles. The number of hydrogen-bond donors (Lipinski definition) is 1. The number of phenolic OH excluding ortho intramolecular Hbond substituents is 1. The van der Waals surface area contributed by atoms with Gasteiger partial charge in [-0.25, -0.2) is 4.98 Å². The van der Waals surface area contributed by atoms with E-state index in [0.717, 1.165) is 56.1 Å². The van der Waals surface area contributed by atoms with Crippen LogP contribution < -0.4 is 0 Å². The molecule has 2 heterocycles. The number of imidazole rings is 1. The molecule has 0 unspecified atom stereocenters. The molecular weight excluding hydrogens is 490 g/mol. The average molecular weight is 524 g/mol. The molecule has 6 rings (SSSR count). The summed E-state index contributed by atoms with van der Waals surface area (Å²) in [5, 5.41) is 10.9. The number of fused-ring (bicyclic) bond motifs is 1. The molecule has 0 bridgehead atoms. The fourth-order valence-electron chi connectivity index (χ4n) is 5.46. The van der Waals surface area contributed by atoms with Crippen molar-refractivity contribution in [2.45, 2.75) is 40.0 Å². The predicted octanol–water partition coefficient (Wildman–Crippen LogP) is 9.04. The van der Waals surface area contributed by atoms with Gasteiger partial charge < -0.3 is 5.11 Å². The fraction of sp³-hybridized carbons (Fsp3) is 0.167. The Hall–Kier alpha value is -4.70. The number of phenols is 1. The number of nitrogens with zero attached hydrogens (tertiary/aromatic N) is 3. The van der Waals surface area contributed by atoms with Crippen LogP contribution in [0, 0.1) is 13.8 Å². The molecule has 0 spiro atoms. The van der Waals surface area contributed by atoms with Crippen LogP contribution in [0.3, 0.4) is 0 Å². The van der Waals surface area contributed by atoms with Gasteiger partial charge in [0.25, 0.3) is 0 Å². The quantitative estimate of drug-likeness (QED) is 0.251. The van der Waals surface area contributed by atoms with Crippen molar-refractivity contribution in [3.63, 3.8) is 0 Å². The molecule has 4 heteroatoms. The van der Waals surface area contributed by atoms with Gasteiger partial charge in [-0.1, -0.05) is 75.4 Å². The number of pyridine rings is 1. The van der Waals surface area contributed by atoms with E-state index in [1.165, 1.54) is 5.56 Å². The number of para-hydroxylation sites is 3. The lowest BCUT2D eigenvalue weighted by Crippen LogP contribution is -2.11. The maximum Gasteiger partial charge on any atom is 0.149 e. The Morgan fingerprint density at radius 1 is 0.700 bits per heavy atom. The molecule has 0 saturated carbocycles. The minimum Gasteiger partial charge on any atom is -0.507 e. The molecule has 0 aliphatic rings. The van der Waals surface area contributed by atoms with Gasteiger partial charge in [0.15, 0.2) is 0 Å². The Morgan fingerprint density at radius 2 is 1.38 bits per heavy atom. The van der Waals surface area contributed by atoms with Crippen molar-refractivity contribution in [2.75, 3.05) is 0 Å². The van der Waals surface area contributed by atoms with Gasteiger partial charge >= 0.3 is 0 Å². The highest BCUT2D eigenvalue weighted by molar-refractivity contribution is 5.97. The van der Waals surface area contributed by atoms with Gasteiger partial charge in [-0.05, 0) is 84.0 Å². The second-order valence-electron chi connectivity index (χ2n) is 11.5. The normalized spacial score (nSPS) is 11.7. The molecule has 0 fully saturated rings. The van der Waals surface area contributed by atoms with Gasteiger partial charge in [0.2, 0.25) is 0 Å². The second-order valence-corrected chi connectivity index (χ2v) is 11.5. The van der Waals surface area contributed by atoms with E-state index in [1.54, 1.807) is 6.07 Å². The van der Waals surface area contributed by atoms with Crippen LogP contribution in [-0.4, -0.2) is 19.6 Å². The van der Waals surface area contributed by atoms with E-state index >= 15 is 0 Å². The maximum absolute atomic E-state index is 10.9. The molecule has 4 nitrogen and oxygen atoms in total. The summed E-state index contributed by atoms with van der Waals surface area (Å²) in [6.07, 6.45) is 1.84. The van der Waals surface area contributed by atoms with Crippen LogP contribution in [0.2, 0.25) is 0 Å². The third-order valence-corrected chi connectivity index (χ3v) is 7.56. The van der Waals surface area contributed by atoms with Crippen LogP contribution in [0.5, 0.6) is 5.75 Å². The van der Waals surface area contributed by atoms with Crippen molar-refractivity contribution < 1.29 is 5.11 Å². The van der Waals surface area contributed by atoms with Gasteiger partial charge in [-0.3, -0.25) is 9.55 Å². The minimum absolute atomic E-state index is 0.0496. The van der Waals surface area contributed by atoms with Crippen molar-refractivity contribution in [1.82, 2.24) is 14.5 Å². The van der Waals surface area contributed by atoms with E-state index in [-0.39, 0.29) is 11.2 Å². The molecule has 0 aliphatic heterocycles. The fourth-order valence-corrected chi connectivity index (χ4v) is 5.46. The first-order valence-electron chi connectivity index (χ1n) is 13.7. The third-order valence-electron chi connectivity index (χ3n) is 7.56. The number of rotatable bonds is 4. The summed E-state index contributed by atoms with van der Waals surface area (Å²) in [5.74, 6) is 0.925. The highest BCUT2D eigenvalue weighted by Gasteiger charge is 2.23. The molecule has 40 heavy (non-hydrogen) atoms. The molecule has 0 aliphatic carbocycles. The van der Waals surface area contributed by atoms with Crippen LogP contribution in [-0.2, 0) is 5.41 Å². The summed E-state index contributed by atoms with van der Waals surface area (Å²) in [6.45, 7) is 11.0. The van der Waals surface area contributed by atoms with Crippen molar-refractivity contribution in [3.05, 3.63) is 120 Å².